The van der Waals surface area contributed by atoms with Crippen LogP contribution in [0.5, 0.6) is 0 Å². The molecule has 1 atom stereocenters. The summed E-state index contributed by atoms with van der Waals surface area (Å²) in [4.78, 5) is 17.2. The smallest absolute Gasteiger partial charge is 0.226 e. The van der Waals surface area contributed by atoms with E-state index in [9.17, 15) is 4.79 Å². The Bertz CT molecular complexity index is 518. The second-order valence-electron chi connectivity index (χ2n) is 4.61. The molecule has 3 heterocycles. The Kier molecular flexibility index (Phi) is 4.79. The number of piperidine rings is 1. The van der Waals surface area contributed by atoms with E-state index in [1.807, 2.05) is 22.2 Å². The van der Waals surface area contributed by atoms with Gasteiger partial charge in [0.15, 0.2) is 4.96 Å². The van der Waals surface area contributed by atoms with Crippen LogP contribution < -0.4 is 10.6 Å². The van der Waals surface area contributed by atoms with Gasteiger partial charge in [0.1, 0.15) is 0 Å². The molecule has 0 unspecified atom stereocenters. The van der Waals surface area contributed by atoms with Gasteiger partial charge < -0.3 is 10.6 Å². The number of carbonyl (C=O) groups excluding carboxylic acids is 1. The zero-order chi connectivity index (χ0) is 12.4. The van der Waals surface area contributed by atoms with Crippen molar-refractivity contribution in [3.05, 3.63) is 23.5 Å². The van der Waals surface area contributed by atoms with E-state index in [0.29, 0.717) is 6.42 Å². The van der Waals surface area contributed by atoms with Crippen molar-refractivity contribution in [2.45, 2.75) is 25.3 Å². The molecule has 19 heavy (non-hydrogen) atoms. The molecule has 1 saturated heterocycles. The number of hydrogen-bond donors (Lipinski definition) is 2. The van der Waals surface area contributed by atoms with Gasteiger partial charge in [-0.2, -0.15) is 0 Å². The standard InChI is InChI=1S/C12H16N4OS.ClH/c17-11(14-9-2-1-3-13-7-9)6-10-8-16-4-5-18-12(16)15-10;/h4-5,8-9,13H,1-3,6-7H2,(H,14,17);1H/t9-;/m0./s1. The number of fused-ring (bicyclic) bond motifs is 1. The van der Waals surface area contributed by atoms with Crippen molar-refractivity contribution in [3.63, 3.8) is 0 Å². The van der Waals surface area contributed by atoms with E-state index in [1.165, 1.54) is 0 Å². The molecule has 2 aromatic heterocycles. The SMILES string of the molecule is Cl.O=C(Cc1cn2ccsc2n1)N[C@H]1CCCNC1. The molecule has 0 saturated carbocycles. The number of rotatable bonds is 3. The van der Waals surface area contributed by atoms with Crippen LogP contribution in [0.2, 0.25) is 0 Å². The fourth-order valence-corrected chi connectivity index (χ4v) is 3.00. The predicted molar refractivity (Wildman–Crippen MR) is 78.1 cm³/mol. The number of nitrogens with one attached hydrogen (secondary N) is 2. The van der Waals surface area contributed by atoms with Crippen LogP contribution in [0.15, 0.2) is 17.8 Å². The highest BCUT2D eigenvalue weighted by atomic mass is 35.5. The van der Waals surface area contributed by atoms with Crippen molar-refractivity contribution < 1.29 is 4.79 Å². The molecule has 7 heteroatoms. The third-order valence-electron chi connectivity index (χ3n) is 3.15. The lowest BCUT2D eigenvalue weighted by atomic mass is 10.1. The fourth-order valence-electron chi connectivity index (χ4n) is 2.28. The molecule has 2 N–H and O–H groups in total. The van der Waals surface area contributed by atoms with E-state index in [-0.39, 0.29) is 24.4 Å². The van der Waals surface area contributed by atoms with E-state index in [1.54, 1.807) is 11.3 Å². The summed E-state index contributed by atoms with van der Waals surface area (Å²) in [6, 6.07) is 0.273. The van der Waals surface area contributed by atoms with Gasteiger partial charge in [0.05, 0.1) is 12.1 Å². The number of hydrogen-bond acceptors (Lipinski definition) is 4. The van der Waals surface area contributed by atoms with E-state index in [4.69, 9.17) is 0 Å². The van der Waals surface area contributed by atoms with Crippen LogP contribution in [0.3, 0.4) is 0 Å². The van der Waals surface area contributed by atoms with E-state index in [0.717, 1.165) is 36.6 Å². The number of nitrogens with zero attached hydrogens (tertiary/aromatic N) is 2. The van der Waals surface area contributed by atoms with Gasteiger partial charge in [-0.15, -0.1) is 23.7 Å². The zero-order valence-corrected chi connectivity index (χ0v) is 12.1. The molecule has 1 aliphatic heterocycles. The second-order valence-corrected chi connectivity index (χ2v) is 5.49. The molecule has 1 fully saturated rings. The lowest BCUT2D eigenvalue weighted by Gasteiger charge is -2.23. The first-order valence-electron chi connectivity index (χ1n) is 6.22. The average molecular weight is 301 g/mol. The Balaban J connectivity index is 0.00000133. The van der Waals surface area contributed by atoms with Crippen LogP contribution in [0.1, 0.15) is 18.5 Å². The van der Waals surface area contributed by atoms with Crippen molar-refractivity contribution >= 4 is 34.6 Å². The van der Waals surface area contributed by atoms with Gasteiger partial charge in [-0.1, -0.05) is 0 Å². The monoisotopic (exact) mass is 300 g/mol. The number of amides is 1. The van der Waals surface area contributed by atoms with Gasteiger partial charge in [-0.3, -0.25) is 9.20 Å². The quantitative estimate of drug-likeness (QED) is 0.896. The summed E-state index contributed by atoms with van der Waals surface area (Å²) in [6.07, 6.45) is 6.44. The molecule has 0 aromatic carbocycles. The van der Waals surface area contributed by atoms with Crippen LogP contribution in [-0.4, -0.2) is 34.4 Å². The van der Waals surface area contributed by atoms with Gasteiger partial charge in [0, 0.05) is 30.4 Å². The molecule has 0 bridgehead atoms. The number of aromatic nitrogens is 2. The molecular weight excluding hydrogens is 284 g/mol. The largest absolute Gasteiger partial charge is 0.352 e. The first kappa shape index (κ1) is 14.3. The molecular formula is C12H17ClN4OS. The Hall–Kier alpha value is -1.11. The normalized spacial score (nSPS) is 19.1. The number of imidazole rings is 1. The molecule has 1 amide bonds. The summed E-state index contributed by atoms with van der Waals surface area (Å²) in [5.74, 6) is 0.0643. The summed E-state index contributed by atoms with van der Waals surface area (Å²) in [5, 5.41) is 8.33. The van der Waals surface area contributed by atoms with E-state index in [2.05, 4.69) is 15.6 Å². The third-order valence-corrected chi connectivity index (χ3v) is 3.92. The van der Waals surface area contributed by atoms with Gasteiger partial charge >= 0.3 is 0 Å². The van der Waals surface area contributed by atoms with Gasteiger partial charge in [-0.25, -0.2) is 4.98 Å². The maximum absolute atomic E-state index is 11.9. The lowest BCUT2D eigenvalue weighted by Crippen LogP contribution is -2.46. The second kappa shape index (κ2) is 6.36. The van der Waals surface area contributed by atoms with Crippen molar-refractivity contribution in [2.24, 2.45) is 0 Å². The molecule has 104 valence electrons. The third kappa shape index (κ3) is 3.46. The van der Waals surface area contributed by atoms with Crippen LogP contribution in [0, 0.1) is 0 Å². The summed E-state index contributed by atoms with van der Waals surface area (Å²) in [6.45, 7) is 1.94. The average Bonchev–Trinajstić information content (AvgIpc) is 2.90. The van der Waals surface area contributed by atoms with Crippen LogP contribution in [0.4, 0.5) is 0 Å². The van der Waals surface area contributed by atoms with Crippen LogP contribution in [-0.2, 0) is 11.2 Å². The van der Waals surface area contributed by atoms with Gasteiger partial charge in [0.2, 0.25) is 5.91 Å². The molecule has 3 rings (SSSR count). The van der Waals surface area contributed by atoms with E-state index >= 15 is 0 Å². The zero-order valence-electron chi connectivity index (χ0n) is 10.5. The summed E-state index contributed by atoms with van der Waals surface area (Å²) >= 11 is 1.58. The predicted octanol–water partition coefficient (Wildman–Crippen LogP) is 1.23. The summed E-state index contributed by atoms with van der Waals surface area (Å²) in [5.41, 5.74) is 0.836. The summed E-state index contributed by atoms with van der Waals surface area (Å²) in [7, 11) is 0. The number of thiazole rings is 1. The highest BCUT2D eigenvalue weighted by molar-refractivity contribution is 7.15. The Morgan fingerprint density at radius 1 is 1.63 bits per heavy atom. The van der Waals surface area contributed by atoms with Crippen molar-refractivity contribution in [3.8, 4) is 0 Å². The maximum atomic E-state index is 11.9. The minimum atomic E-state index is 0. The van der Waals surface area contributed by atoms with Crippen molar-refractivity contribution in [2.75, 3.05) is 13.1 Å². The highest BCUT2D eigenvalue weighted by Crippen LogP contribution is 2.11. The summed E-state index contributed by atoms with van der Waals surface area (Å²) < 4.78 is 1.95. The van der Waals surface area contributed by atoms with Gasteiger partial charge in [0.25, 0.3) is 0 Å². The number of halogens is 1. The first-order chi connectivity index (χ1) is 8.81. The highest BCUT2D eigenvalue weighted by Gasteiger charge is 2.16. The molecule has 0 aliphatic carbocycles. The lowest BCUT2D eigenvalue weighted by molar-refractivity contribution is -0.121. The minimum Gasteiger partial charge on any atom is -0.352 e. The first-order valence-corrected chi connectivity index (χ1v) is 7.10. The fraction of sp³-hybridized carbons (Fsp3) is 0.500. The molecule has 0 spiro atoms. The molecule has 1 aliphatic rings. The molecule has 2 aromatic rings. The van der Waals surface area contributed by atoms with E-state index < -0.39 is 0 Å². The topological polar surface area (TPSA) is 58.4 Å². The Labute approximate surface area is 121 Å². The van der Waals surface area contributed by atoms with Crippen LogP contribution >= 0.6 is 23.7 Å². The Morgan fingerprint density at radius 2 is 2.53 bits per heavy atom. The molecule has 5 nitrogen and oxygen atoms in total. The van der Waals surface area contributed by atoms with Crippen LogP contribution in [0.25, 0.3) is 4.96 Å². The number of carbonyl (C=O) groups is 1. The Morgan fingerprint density at radius 3 is 3.26 bits per heavy atom. The van der Waals surface area contributed by atoms with Gasteiger partial charge in [-0.05, 0) is 19.4 Å². The van der Waals surface area contributed by atoms with Crippen molar-refractivity contribution in [1.82, 2.24) is 20.0 Å². The maximum Gasteiger partial charge on any atom is 0.226 e. The molecule has 0 radical (unpaired) electrons. The minimum absolute atomic E-state index is 0. The van der Waals surface area contributed by atoms with Crippen molar-refractivity contribution in [1.29, 1.82) is 0 Å².